The van der Waals surface area contributed by atoms with Gasteiger partial charge in [-0.1, -0.05) is 6.07 Å². The predicted octanol–water partition coefficient (Wildman–Crippen LogP) is 3.48. The van der Waals surface area contributed by atoms with Crippen LogP contribution in [0.25, 0.3) is 0 Å². The van der Waals surface area contributed by atoms with Crippen molar-refractivity contribution in [2.24, 2.45) is 5.92 Å². The van der Waals surface area contributed by atoms with E-state index < -0.39 is 0 Å². The summed E-state index contributed by atoms with van der Waals surface area (Å²) in [7, 11) is 0. The number of para-hydroxylation sites is 1. The molecular weight excluding hydrogens is 224 g/mol. The monoisotopic (exact) mass is 246 g/mol. The van der Waals surface area contributed by atoms with Crippen molar-refractivity contribution in [3.63, 3.8) is 0 Å². The van der Waals surface area contributed by atoms with Crippen LogP contribution in [0, 0.1) is 5.92 Å². The summed E-state index contributed by atoms with van der Waals surface area (Å²) in [5.74, 6) is 1.85. The van der Waals surface area contributed by atoms with E-state index in [0.29, 0.717) is 6.04 Å². The van der Waals surface area contributed by atoms with E-state index >= 15 is 0 Å². The van der Waals surface area contributed by atoms with Crippen LogP contribution in [0.3, 0.4) is 0 Å². The Morgan fingerprint density at radius 1 is 1.22 bits per heavy atom. The molecule has 1 aliphatic carbocycles. The van der Waals surface area contributed by atoms with Gasteiger partial charge in [0.15, 0.2) is 0 Å². The van der Waals surface area contributed by atoms with Gasteiger partial charge in [-0.15, -0.1) is 0 Å². The number of hydrogen-bond donors (Lipinski definition) is 2. The van der Waals surface area contributed by atoms with Crippen molar-refractivity contribution in [3.05, 3.63) is 18.2 Å². The Kier molecular flexibility index (Phi) is 3.06. The van der Waals surface area contributed by atoms with E-state index in [1.54, 1.807) is 0 Å². The highest BCUT2D eigenvalue weighted by molar-refractivity contribution is 5.76. The van der Waals surface area contributed by atoms with Crippen LogP contribution in [0.4, 0.5) is 11.4 Å². The second kappa shape index (κ2) is 4.71. The molecule has 1 aliphatic heterocycles. The minimum Gasteiger partial charge on any atom is -0.489 e. The van der Waals surface area contributed by atoms with E-state index in [4.69, 9.17) is 4.74 Å². The molecule has 2 aliphatic rings. The summed E-state index contributed by atoms with van der Waals surface area (Å²) >= 11 is 0. The van der Waals surface area contributed by atoms with Gasteiger partial charge in [-0.05, 0) is 51.2 Å². The Morgan fingerprint density at radius 3 is 2.78 bits per heavy atom. The average Bonchev–Trinajstić information content (AvgIpc) is 3.14. The van der Waals surface area contributed by atoms with Crippen molar-refractivity contribution in [2.75, 3.05) is 17.2 Å². The Bertz CT molecular complexity index is 427. The van der Waals surface area contributed by atoms with Crippen LogP contribution in [-0.2, 0) is 0 Å². The first-order chi connectivity index (χ1) is 8.74. The first kappa shape index (κ1) is 11.7. The lowest BCUT2D eigenvalue weighted by Crippen LogP contribution is -2.21. The predicted molar refractivity (Wildman–Crippen MR) is 75.4 cm³/mol. The Labute approximate surface area is 109 Å². The third-order valence-corrected chi connectivity index (χ3v) is 3.68. The second-order valence-electron chi connectivity index (χ2n) is 5.65. The van der Waals surface area contributed by atoms with Crippen molar-refractivity contribution in [2.45, 2.75) is 45.3 Å². The van der Waals surface area contributed by atoms with Gasteiger partial charge in [0.05, 0.1) is 11.8 Å². The van der Waals surface area contributed by atoms with Gasteiger partial charge in [0.1, 0.15) is 11.4 Å². The molecule has 1 aromatic rings. The standard InChI is InChI=1S/C15H22N2O/c1-10(2)18-14-5-3-4-13-15(14)16-9-8-12(17-13)11-6-7-11/h3-5,10-12,16-17H,6-9H2,1-2H3. The second-order valence-corrected chi connectivity index (χ2v) is 5.65. The normalized spacial score (nSPS) is 22.7. The molecule has 1 fully saturated rings. The van der Waals surface area contributed by atoms with E-state index in [9.17, 15) is 0 Å². The fourth-order valence-electron chi connectivity index (χ4n) is 2.66. The summed E-state index contributed by atoms with van der Waals surface area (Å²) in [4.78, 5) is 0. The fourth-order valence-corrected chi connectivity index (χ4v) is 2.66. The van der Waals surface area contributed by atoms with Gasteiger partial charge in [-0.2, -0.15) is 0 Å². The summed E-state index contributed by atoms with van der Waals surface area (Å²) in [5.41, 5.74) is 2.33. The fraction of sp³-hybridized carbons (Fsp3) is 0.600. The quantitative estimate of drug-likeness (QED) is 0.856. The van der Waals surface area contributed by atoms with Gasteiger partial charge >= 0.3 is 0 Å². The molecule has 0 spiro atoms. The molecule has 0 amide bonds. The Hall–Kier alpha value is -1.38. The number of benzene rings is 1. The average molecular weight is 246 g/mol. The highest BCUT2D eigenvalue weighted by Crippen LogP contribution is 2.41. The van der Waals surface area contributed by atoms with Crippen LogP contribution >= 0.6 is 0 Å². The minimum absolute atomic E-state index is 0.209. The van der Waals surface area contributed by atoms with Gasteiger partial charge in [0.25, 0.3) is 0 Å². The minimum atomic E-state index is 0.209. The van der Waals surface area contributed by atoms with Crippen molar-refractivity contribution < 1.29 is 4.74 Å². The number of nitrogens with one attached hydrogen (secondary N) is 2. The molecule has 3 nitrogen and oxygen atoms in total. The van der Waals surface area contributed by atoms with E-state index in [-0.39, 0.29) is 6.10 Å². The van der Waals surface area contributed by atoms with Crippen LogP contribution < -0.4 is 15.4 Å². The number of rotatable bonds is 3. The van der Waals surface area contributed by atoms with E-state index in [1.807, 2.05) is 6.07 Å². The maximum Gasteiger partial charge on any atom is 0.144 e. The summed E-state index contributed by atoms with van der Waals surface area (Å²) in [6.45, 7) is 5.16. The van der Waals surface area contributed by atoms with Crippen molar-refractivity contribution in [1.82, 2.24) is 0 Å². The summed E-state index contributed by atoms with van der Waals surface area (Å²) in [6, 6.07) is 6.90. The van der Waals surface area contributed by atoms with Gasteiger partial charge < -0.3 is 15.4 Å². The van der Waals surface area contributed by atoms with Crippen LogP contribution in [-0.4, -0.2) is 18.7 Å². The van der Waals surface area contributed by atoms with E-state index in [1.165, 1.54) is 24.9 Å². The molecule has 0 bridgehead atoms. The molecule has 98 valence electrons. The molecule has 0 saturated heterocycles. The third kappa shape index (κ3) is 2.40. The van der Waals surface area contributed by atoms with Gasteiger partial charge in [-0.3, -0.25) is 0 Å². The molecule has 18 heavy (non-hydrogen) atoms. The summed E-state index contributed by atoms with van der Waals surface area (Å²) < 4.78 is 5.88. The molecule has 1 unspecified atom stereocenters. The summed E-state index contributed by atoms with van der Waals surface area (Å²) in [6.07, 6.45) is 4.17. The molecule has 1 saturated carbocycles. The summed E-state index contributed by atoms with van der Waals surface area (Å²) in [5, 5.41) is 7.22. The molecule has 1 atom stereocenters. The zero-order valence-electron chi connectivity index (χ0n) is 11.2. The molecule has 3 rings (SSSR count). The number of ether oxygens (including phenoxy) is 1. The lowest BCUT2D eigenvalue weighted by molar-refractivity contribution is 0.244. The van der Waals surface area contributed by atoms with Crippen LogP contribution in [0.5, 0.6) is 5.75 Å². The van der Waals surface area contributed by atoms with Crippen LogP contribution in [0.2, 0.25) is 0 Å². The molecule has 0 aromatic heterocycles. The van der Waals surface area contributed by atoms with Crippen LogP contribution in [0.1, 0.15) is 33.1 Å². The van der Waals surface area contributed by atoms with Gasteiger partial charge in [0.2, 0.25) is 0 Å². The van der Waals surface area contributed by atoms with E-state index in [2.05, 4.69) is 36.6 Å². The first-order valence-electron chi connectivity index (χ1n) is 7.04. The molecule has 3 heteroatoms. The maximum atomic E-state index is 5.88. The third-order valence-electron chi connectivity index (χ3n) is 3.68. The van der Waals surface area contributed by atoms with E-state index in [0.717, 1.165) is 23.9 Å². The zero-order chi connectivity index (χ0) is 12.5. The Balaban J connectivity index is 1.86. The largest absolute Gasteiger partial charge is 0.489 e. The first-order valence-corrected chi connectivity index (χ1v) is 7.04. The lowest BCUT2D eigenvalue weighted by Gasteiger charge is -2.19. The van der Waals surface area contributed by atoms with Gasteiger partial charge in [-0.25, -0.2) is 0 Å². The smallest absolute Gasteiger partial charge is 0.144 e. The highest BCUT2D eigenvalue weighted by Gasteiger charge is 2.32. The van der Waals surface area contributed by atoms with Crippen molar-refractivity contribution >= 4 is 11.4 Å². The maximum absolute atomic E-state index is 5.88. The van der Waals surface area contributed by atoms with Crippen molar-refractivity contribution in [3.8, 4) is 5.75 Å². The van der Waals surface area contributed by atoms with Crippen LogP contribution in [0.15, 0.2) is 18.2 Å². The van der Waals surface area contributed by atoms with Gasteiger partial charge in [0, 0.05) is 12.6 Å². The molecule has 2 N–H and O–H groups in total. The lowest BCUT2D eigenvalue weighted by atomic mass is 10.1. The Morgan fingerprint density at radius 2 is 2.06 bits per heavy atom. The van der Waals surface area contributed by atoms with Crippen molar-refractivity contribution in [1.29, 1.82) is 0 Å². The SMILES string of the molecule is CC(C)Oc1cccc2c1NCCC(C1CC1)N2. The number of anilines is 2. The molecular formula is C15H22N2O. The number of hydrogen-bond acceptors (Lipinski definition) is 3. The molecule has 1 aromatic carbocycles. The molecule has 0 radical (unpaired) electrons. The number of fused-ring (bicyclic) bond motifs is 1. The molecule has 1 heterocycles. The topological polar surface area (TPSA) is 33.3 Å². The highest BCUT2D eigenvalue weighted by atomic mass is 16.5. The zero-order valence-corrected chi connectivity index (χ0v) is 11.2.